The summed E-state index contributed by atoms with van der Waals surface area (Å²) in [6.07, 6.45) is 1.79. The molecule has 5 nitrogen and oxygen atoms in total. The van der Waals surface area contributed by atoms with Gasteiger partial charge in [0, 0.05) is 18.5 Å². The standard InChI is InChI=1S/C14H17N3O2/c1-10-4-2-3-5-12(10)13(15)8-14(18)16-9-11-6-7-17-19-11/h2-7,13H,8-9,15H2,1H3,(H,16,18)/t13-/m0/s1. The van der Waals surface area contributed by atoms with Crippen LogP contribution in [0, 0.1) is 6.92 Å². The molecule has 0 unspecified atom stereocenters. The summed E-state index contributed by atoms with van der Waals surface area (Å²) in [5.41, 5.74) is 8.14. The van der Waals surface area contributed by atoms with Crippen molar-refractivity contribution in [2.24, 2.45) is 5.73 Å². The summed E-state index contributed by atoms with van der Waals surface area (Å²) in [4.78, 5) is 11.8. The molecule has 1 heterocycles. The highest BCUT2D eigenvalue weighted by molar-refractivity contribution is 5.76. The van der Waals surface area contributed by atoms with E-state index in [1.54, 1.807) is 12.3 Å². The zero-order chi connectivity index (χ0) is 13.7. The Morgan fingerprint density at radius 1 is 1.42 bits per heavy atom. The number of carbonyl (C=O) groups excluding carboxylic acids is 1. The van der Waals surface area contributed by atoms with Crippen molar-refractivity contribution in [3.8, 4) is 0 Å². The molecule has 0 aliphatic rings. The molecule has 0 aliphatic heterocycles. The molecular weight excluding hydrogens is 242 g/mol. The van der Waals surface area contributed by atoms with Crippen molar-refractivity contribution in [2.45, 2.75) is 25.9 Å². The molecule has 0 aliphatic carbocycles. The molecule has 3 N–H and O–H groups in total. The molecular formula is C14H17N3O2. The van der Waals surface area contributed by atoms with Gasteiger partial charge in [0.15, 0.2) is 5.76 Å². The van der Waals surface area contributed by atoms with Crippen molar-refractivity contribution in [1.29, 1.82) is 0 Å². The van der Waals surface area contributed by atoms with Crippen LogP contribution in [0.25, 0.3) is 0 Å². The lowest BCUT2D eigenvalue weighted by Crippen LogP contribution is -2.27. The van der Waals surface area contributed by atoms with Crippen molar-refractivity contribution in [2.75, 3.05) is 0 Å². The van der Waals surface area contributed by atoms with Crippen LogP contribution < -0.4 is 11.1 Å². The molecule has 0 saturated heterocycles. The quantitative estimate of drug-likeness (QED) is 0.856. The Bertz CT molecular complexity index is 537. The molecule has 100 valence electrons. The van der Waals surface area contributed by atoms with Gasteiger partial charge in [0.25, 0.3) is 0 Å². The molecule has 2 rings (SSSR count). The summed E-state index contributed by atoms with van der Waals surface area (Å²) in [5.74, 6) is 0.518. The largest absolute Gasteiger partial charge is 0.360 e. The van der Waals surface area contributed by atoms with Crippen molar-refractivity contribution in [3.63, 3.8) is 0 Å². The lowest BCUT2D eigenvalue weighted by molar-refractivity contribution is -0.121. The van der Waals surface area contributed by atoms with Gasteiger partial charge in [-0.05, 0) is 18.1 Å². The molecule has 1 atom stereocenters. The minimum Gasteiger partial charge on any atom is -0.360 e. The van der Waals surface area contributed by atoms with E-state index in [1.165, 1.54) is 0 Å². The molecule has 0 fully saturated rings. The second kappa shape index (κ2) is 6.15. The highest BCUT2D eigenvalue weighted by Gasteiger charge is 2.13. The average molecular weight is 259 g/mol. The van der Waals surface area contributed by atoms with Gasteiger partial charge in [0.1, 0.15) is 0 Å². The number of aromatic nitrogens is 1. The van der Waals surface area contributed by atoms with Crippen LogP contribution in [0.4, 0.5) is 0 Å². The van der Waals surface area contributed by atoms with Gasteiger partial charge in [-0.15, -0.1) is 0 Å². The fourth-order valence-corrected chi connectivity index (χ4v) is 1.90. The molecule has 1 aromatic heterocycles. The summed E-state index contributed by atoms with van der Waals surface area (Å²) in [6, 6.07) is 9.23. The first-order valence-corrected chi connectivity index (χ1v) is 6.14. The Hall–Kier alpha value is -2.14. The van der Waals surface area contributed by atoms with Crippen LogP contribution in [-0.4, -0.2) is 11.1 Å². The second-order valence-corrected chi connectivity index (χ2v) is 4.42. The summed E-state index contributed by atoms with van der Waals surface area (Å²) < 4.78 is 4.90. The predicted molar refractivity (Wildman–Crippen MR) is 71.1 cm³/mol. The maximum Gasteiger partial charge on any atom is 0.222 e. The van der Waals surface area contributed by atoms with E-state index in [0.29, 0.717) is 12.3 Å². The molecule has 0 bridgehead atoms. The number of nitrogens with one attached hydrogen (secondary N) is 1. The van der Waals surface area contributed by atoms with Crippen molar-refractivity contribution in [3.05, 3.63) is 53.4 Å². The number of hydrogen-bond acceptors (Lipinski definition) is 4. The monoisotopic (exact) mass is 259 g/mol. The molecule has 19 heavy (non-hydrogen) atoms. The van der Waals surface area contributed by atoms with E-state index >= 15 is 0 Å². The smallest absolute Gasteiger partial charge is 0.222 e. The second-order valence-electron chi connectivity index (χ2n) is 4.42. The third-order valence-electron chi connectivity index (χ3n) is 2.94. The van der Waals surface area contributed by atoms with Crippen LogP contribution in [-0.2, 0) is 11.3 Å². The summed E-state index contributed by atoms with van der Waals surface area (Å²) in [7, 11) is 0. The van der Waals surface area contributed by atoms with E-state index < -0.39 is 0 Å². The number of nitrogens with two attached hydrogens (primary N) is 1. The number of aryl methyl sites for hydroxylation is 1. The number of benzene rings is 1. The average Bonchev–Trinajstić information content (AvgIpc) is 2.90. The Balaban J connectivity index is 1.87. The number of amides is 1. The molecule has 0 spiro atoms. The number of hydrogen-bond donors (Lipinski definition) is 2. The highest BCUT2D eigenvalue weighted by atomic mass is 16.5. The molecule has 5 heteroatoms. The molecule has 0 radical (unpaired) electrons. The SMILES string of the molecule is Cc1ccccc1[C@@H](N)CC(=O)NCc1ccno1. The first kappa shape index (κ1) is 13.3. The molecule has 0 saturated carbocycles. The fraction of sp³-hybridized carbons (Fsp3) is 0.286. The third kappa shape index (κ3) is 3.66. The maximum atomic E-state index is 11.8. The van der Waals surface area contributed by atoms with Gasteiger partial charge in [-0.2, -0.15) is 0 Å². The summed E-state index contributed by atoms with van der Waals surface area (Å²) in [5, 5.41) is 6.32. The Morgan fingerprint density at radius 3 is 2.89 bits per heavy atom. The van der Waals surface area contributed by atoms with E-state index in [4.69, 9.17) is 10.3 Å². The minimum absolute atomic E-state index is 0.104. The normalized spacial score (nSPS) is 12.1. The highest BCUT2D eigenvalue weighted by Crippen LogP contribution is 2.17. The summed E-state index contributed by atoms with van der Waals surface area (Å²) >= 11 is 0. The Morgan fingerprint density at radius 2 is 2.21 bits per heavy atom. The number of rotatable bonds is 5. The van der Waals surface area contributed by atoms with E-state index in [9.17, 15) is 4.79 Å². The fourth-order valence-electron chi connectivity index (χ4n) is 1.90. The van der Waals surface area contributed by atoms with Crippen molar-refractivity contribution in [1.82, 2.24) is 10.5 Å². The molecule has 1 aromatic carbocycles. The van der Waals surface area contributed by atoms with Gasteiger partial charge in [-0.1, -0.05) is 29.4 Å². The zero-order valence-corrected chi connectivity index (χ0v) is 10.8. The van der Waals surface area contributed by atoms with Gasteiger partial charge >= 0.3 is 0 Å². The van der Waals surface area contributed by atoms with Crippen LogP contribution in [0.15, 0.2) is 41.1 Å². The van der Waals surface area contributed by atoms with E-state index in [1.807, 2.05) is 31.2 Å². The van der Waals surface area contributed by atoms with Gasteiger partial charge in [-0.25, -0.2) is 0 Å². The Kier molecular flexibility index (Phi) is 4.30. The topological polar surface area (TPSA) is 81.2 Å². The van der Waals surface area contributed by atoms with Crippen molar-refractivity contribution >= 4 is 5.91 Å². The first-order chi connectivity index (χ1) is 9.16. The lowest BCUT2D eigenvalue weighted by atomic mass is 9.99. The van der Waals surface area contributed by atoms with Gasteiger partial charge < -0.3 is 15.6 Å². The predicted octanol–water partition coefficient (Wildman–Crippen LogP) is 1.69. The van der Waals surface area contributed by atoms with Gasteiger partial charge in [0.05, 0.1) is 12.7 Å². The van der Waals surface area contributed by atoms with Crippen LogP contribution in [0.5, 0.6) is 0 Å². The Labute approximate surface area is 111 Å². The van der Waals surface area contributed by atoms with Crippen LogP contribution >= 0.6 is 0 Å². The molecule has 1 amide bonds. The number of carbonyl (C=O) groups is 1. The van der Waals surface area contributed by atoms with Crippen LogP contribution in [0.1, 0.15) is 29.3 Å². The summed E-state index contributed by atoms with van der Waals surface area (Å²) in [6.45, 7) is 2.32. The molecule has 2 aromatic rings. The van der Waals surface area contributed by atoms with Crippen molar-refractivity contribution < 1.29 is 9.32 Å². The maximum absolute atomic E-state index is 11.8. The van der Waals surface area contributed by atoms with Gasteiger partial charge in [0.2, 0.25) is 5.91 Å². The minimum atomic E-state index is -0.295. The van der Waals surface area contributed by atoms with E-state index in [-0.39, 0.29) is 18.4 Å². The van der Waals surface area contributed by atoms with E-state index in [0.717, 1.165) is 11.1 Å². The van der Waals surface area contributed by atoms with Crippen LogP contribution in [0.3, 0.4) is 0 Å². The van der Waals surface area contributed by atoms with Crippen LogP contribution in [0.2, 0.25) is 0 Å². The lowest BCUT2D eigenvalue weighted by Gasteiger charge is -2.14. The number of nitrogens with zero attached hydrogens (tertiary/aromatic N) is 1. The first-order valence-electron chi connectivity index (χ1n) is 6.14. The van der Waals surface area contributed by atoms with Gasteiger partial charge in [-0.3, -0.25) is 4.79 Å². The zero-order valence-electron chi connectivity index (χ0n) is 10.8. The third-order valence-corrected chi connectivity index (χ3v) is 2.94. The van der Waals surface area contributed by atoms with E-state index in [2.05, 4.69) is 10.5 Å².